The molecule has 2 aliphatic heterocycles. The summed E-state index contributed by atoms with van der Waals surface area (Å²) in [5.74, 6) is 0.0127. The fourth-order valence-corrected chi connectivity index (χ4v) is 6.81. The van der Waals surface area contributed by atoms with Gasteiger partial charge in [0, 0.05) is 38.5 Å². The van der Waals surface area contributed by atoms with Crippen molar-refractivity contribution in [3.8, 4) is 0 Å². The van der Waals surface area contributed by atoms with Crippen LogP contribution in [0.4, 0.5) is 0 Å². The van der Waals surface area contributed by atoms with Gasteiger partial charge in [0.05, 0.1) is 28.5 Å². The molecule has 0 radical (unpaired) electrons. The number of sulfonamides is 1. The van der Waals surface area contributed by atoms with Crippen LogP contribution in [-0.2, 0) is 26.1 Å². The van der Waals surface area contributed by atoms with Gasteiger partial charge in [0.2, 0.25) is 15.9 Å². The van der Waals surface area contributed by atoms with Gasteiger partial charge in [-0.1, -0.05) is 30.0 Å². The van der Waals surface area contributed by atoms with E-state index in [0.29, 0.717) is 26.2 Å². The molecular weight excluding hydrogens is 460 g/mol. The smallest absolute Gasteiger partial charge is 0.243 e. The van der Waals surface area contributed by atoms with Crippen molar-refractivity contribution in [2.24, 2.45) is 0 Å². The van der Waals surface area contributed by atoms with Crippen LogP contribution in [0.2, 0.25) is 0 Å². The Morgan fingerprint density at radius 3 is 2.52 bits per heavy atom. The highest BCUT2D eigenvalue weighted by molar-refractivity contribution is 8.00. The van der Waals surface area contributed by atoms with Crippen molar-refractivity contribution in [2.75, 3.05) is 32.8 Å². The first-order chi connectivity index (χ1) is 15.8. The molecule has 2 aromatic rings. The number of hydrogen-bond donors (Lipinski definition) is 0. The second-order valence-corrected chi connectivity index (χ2v) is 11.9. The number of thioether (sulfide) groups is 1. The maximum atomic E-state index is 13.2. The number of hydrogen-bond acceptors (Lipinski definition) is 6. The molecule has 2 atom stereocenters. The molecule has 8 nitrogen and oxygen atoms in total. The van der Waals surface area contributed by atoms with Gasteiger partial charge in [0.15, 0.2) is 5.16 Å². The molecule has 1 aromatic carbocycles. The van der Waals surface area contributed by atoms with Gasteiger partial charge in [-0.2, -0.15) is 4.31 Å². The predicted octanol–water partition coefficient (Wildman–Crippen LogP) is 2.69. The lowest BCUT2D eigenvalue weighted by atomic mass is 10.2. The van der Waals surface area contributed by atoms with Gasteiger partial charge < -0.3 is 14.2 Å². The first kappa shape index (κ1) is 24.3. The minimum absolute atomic E-state index is 0.0127. The van der Waals surface area contributed by atoms with Gasteiger partial charge >= 0.3 is 0 Å². The van der Waals surface area contributed by atoms with Crippen molar-refractivity contribution in [1.29, 1.82) is 0 Å². The molecule has 0 saturated carbocycles. The zero-order valence-corrected chi connectivity index (χ0v) is 21.1. The molecular formula is C23H32N4O4S2. The average Bonchev–Trinajstić information content (AvgIpc) is 3.43. The van der Waals surface area contributed by atoms with Gasteiger partial charge in [-0.3, -0.25) is 4.79 Å². The van der Waals surface area contributed by atoms with Gasteiger partial charge in [-0.05, 0) is 45.7 Å². The quantitative estimate of drug-likeness (QED) is 0.553. The zero-order chi connectivity index (χ0) is 23.6. The van der Waals surface area contributed by atoms with Crippen molar-refractivity contribution in [1.82, 2.24) is 18.8 Å². The Bertz CT molecular complexity index is 1070. The van der Waals surface area contributed by atoms with E-state index in [-0.39, 0.29) is 22.2 Å². The first-order valence-electron chi connectivity index (χ1n) is 11.4. The van der Waals surface area contributed by atoms with E-state index in [2.05, 4.69) is 11.5 Å². The molecule has 33 heavy (non-hydrogen) atoms. The van der Waals surface area contributed by atoms with Crippen molar-refractivity contribution >= 4 is 27.7 Å². The Hall–Kier alpha value is -1.88. The molecule has 0 aliphatic carbocycles. The standard InChI is InChI=1S/C23H32N4O4S2/c1-17-18(2)27(16-20-8-7-15-31-20)23(24-17)32-19(3)22(28)25-11-13-26(14-12-25)33(29,30)21-9-5-4-6-10-21/h4-6,9-10,19-20H,7-8,11-16H2,1-3H3. The molecule has 2 aliphatic rings. The number of amides is 1. The van der Waals surface area contributed by atoms with E-state index in [0.717, 1.165) is 42.5 Å². The number of imidazole rings is 1. The molecule has 0 N–H and O–H groups in total. The van der Waals surface area contributed by atoms with Crippen molar-refractivity contribution in [3.05, 3.63) is 41.7 Å². The van der Waals surface area contributed by atoms with Crippen molar-refractivity contribution < 1.29 is 17.9 Å². The maximum Gasteiger partial charge on any atom is 0.243 e. The minimum Gasteiger partial charge on any atom is -0.376 e. The van der Waals surface area contributed by atoms with Gasteiger partial charge in [-0.15, -0.1) is 0 Å². The molecule has 0 bridgehead atoms. The van der Waals surface area contributed by atoms with Gasteiger partial charge in [-0.25, -0.2) is 13.4 Å². The number of carbonyl (C=O) groups is 1. The summed E-state index contributed by atoms with van der Waals surface area (Å²) in [4.78, 5) is 19.9. The summed E-state index contributed by atoms with van der Waals surface area (Å²) < 4.78 is 35.1. The summed E-state index contributed by atoms with van der Waals surface area (Å²) in [6, 6.07) is 8.45. The molecule has 3 heterocycles. The Balaban J connectivity index is 1.37. The highest BCUT2D eigenvalue weighted by Crippen LogP contribution is 2.28. The SMILES string of the molecule is Cc1nc(SC(C)C(=O)N2CCN(S(=O)(=O)c3ccccc3)CC2)n(CC2CCCO2)c1C. The van der Waals surface area contributed by atoms with E-state index in [1.807, 2.05) is 13.8 Å². The van der Waals surface area contributed by atoms with E-state index in [1.165, 1.54) is 16.1 Å². The number of rotatable bonds is 7. The highest BCUT2D eigenvalue weighted by Gasteiger charge is 2.32. The van der Waals surface area contributed by atoms with Gasteiger partial charge in [0.25, 0.3) is 0 Å². The van der Waals surface area contributed by atoms with Crippen LogP contribution >= 0.6 is 11.8 Å². The highest BCUT2D eigenvalue weighted by atomic mass is 32.2. The summed E-state index contributed by atoms with van der Waals surface area (Å²) in [5.41, 5.74) is 2.07. The normalized spacial score (nSPS) is 20.8. The molecule has 1 aromatic heterocycles. The third kappa shape index (κ3) is 5.29. The zero-order valence-electron chi connectivity index (χ0n) is 19.4. The lowest BCUT2D eigenvalue weighted by Gasteiger charge is -2.35. The molecule has 10 heteroatoms. The predicted molar refractivity (Wildman–Crippen MR) is 128 cm³/mol. The van der Waals surface area contributed by atoms with E-state index in [4.69, 9.17) is 9.72 Å². The summed E-state index contributed by atoms with van der Waals surface area (Å²) in [6.45, 7) is 8.88. The van der Waals surface area contributed by atoms with Gasteiger partial charge in [0.1, 0.15) is 0 Å². The van der Waals surface area contributed by atoms with E-state index < -0.39 is 10.0 Å². The molecule has 4 rings (SSSR count). The van der Waals surface area contributed by atoms with Crippen molar-refractivity contribution in [3.63, 3.8) is 0 Å². The van der Waals surface area contributed by atoms with Crippen LogP contribution in [0, 0.1) is 13.8 Å². The van der Waals surface area contributed by atoms with Crippen LogP contribution < -0.4 is 0 Å². The molecule has 0 spiro atoms. The number of carbonyl (C=O) groups excluding carboxylic acids is 1. The second kappa shape index (κ2) is 10.2. The van der Waals surface area contributed by atoms with E-state index in [9.17, 15) is 13.2 Å². The topological polar surface area (TPSA) is 84.7 Å². The summed E-state index contributed by atoms with van der Waals surface area (Å²) >= 11 is 1.47. The largest absolute Gasteiger partial charge is 0.376 e. The third-order valence-corrected chi connectivity index (χ3v) is 9.38. The number of benzene rings is 1. The average molecular weight is 493 g/mol. The number of ether oxygens (including phenoxy) is 1. The summed E-state index contributed by atoms with van der Waals surface area (Å²) in [5, 5.41) is 0.526. The molecule has 1 amide bonds. The van der Waals surface area contributed by atoms with Crippen LogP contribution in [-0.4, -0.2) is 77.2 Å². The lowest BCUT2D eigenvalue weighted by molar-refractivity contribution is -0.131. The van der Waals surface area contributed by atoms with E-state index >= 15 is 0 Å². The third-order valence-electron chi connectivity index (χ3n) is 6.39. The Morgan fingerprint density at radius 2 is 1.88 bits per heavy atom. The fourth-order valence-electron chi connectivity index (χ4n) is 4.28. The molecule has 180 valence electrons. The fraction of sp³-hybridized carbons (Fsp3) is 0.565. The first-order valence-corrected chi connectivity index (χ1v) is 13.8. The monoisotopic (exact) mass is 492 g/mol. The molecule has 2 fully saturated rings. The number of piperazine rings is 1. The van der Waals surface area contributed by atoms with Crippen LogP contribution in [0.1, 0.15) is 31.2 Å². The molecule has 2 saturated heterocycles. The lowest BCUT2D eigenvalue weighted by Crippen LogP contribution is -2.52. The number of aryl methyl sites for hydroxylation is 1. The minimum atomic E-state index is -3.53. The van der Waals surface area contributed by atoms with Crippen LogP contribution in [0.25, 0.3) is 0 Å². The Kier molecular flexibility index (Phi) is 7.47. The number of aromatic nitrogens is 2. The second-order valence-electron chi connectivity index (χ2n) is 8.61. The number of nitrogens with zero attached hydrogens (tertiary/aromatic N) is 4. The van der Waals surface area contributed by atoms with Crippen LogP contribution in [0.3, 0.4) is 0 Å². The Morgan fingerprint density at radius 1 is 1.18 bits per heavy atom. The molecule has 2 unspecified atom stereocenters. The Labute approximate surface area is 200 Å². The van der Waals surface area contributed by atoms with Crippen LogP contribution in [0.5, 0.6) is 0 Å². The van der Waals surface area contributed by atoms with Crippen molar-refractivity contribution in [2.45, 2.75) is 61.6 Å². The summed E-state index contributed by atoms with van der Waals surface area (Å²) in [6.07, 6.45) is 2.33. The maximum absolute atomic E-state index is 13.2. The van der Waals surface area contributed by atoms with E-state index in [1.54, 1.807) is 35.2 Å². The summed E-state index contributed by atoms with van der Waals surface area (Å²) in [7, 11) is -3.53. The van der Waals surface area contributed by atoms with Crippen LogP contribution in [0.15, 0.2) is 40.4 Å².